The minimum atomic E-state index is 0.442. The van der Waals surface area contributed by atoms with Gasteiger partial charge in [0.05, 0.1) is 0 Å². The standard InChI is InChI=1S/C12H24N2/c1-12(5-3-2-4-6-12)14-9-10-7-11(13)8-10/h10-11,14H,2-9,13H2,1H3. The molecule has 0 unspecified atom stereocenters. The second-order valence-electron chi connectivity index (χ2n) is 5.60. The molecule has 0 spiro atoms. The molecular weight excluding hydrogens is 172 g/mol. The molecule has 2 saturated carbocycles. The largest absolute Gasteiger partial charge is 0.328 e. The first-order valence-electron chi connectivity index (χ1n) is 6.19. The number of nitrogens with two attached hydrogens (primary N) is 1. The molecule has 0 aromatic heterocycles. The number of nitrogens with one attached hydrogen (secondary N) is 1. The summed E-state index contributed by atoms with van der Waals surface area (Å²) in [7, 11) is 0. The summed E-state index contributed by atoms with van der Waals surface area (Å²) in [6.07, 6.45) is 9.47. The molecule has 0 atom stereocenters. The van der Waals surface area contributed by atoms with Crippen LogP contribution >= 0.6 is 0 Å². The number of hydrogen-bond acceptors (Lipinski definition) is 2. The smallest absolute Gasteiger partial charge is 0.0153 e. The van der Waals surface area contributed by atoms with Gasteiger partial charge in [-0.3, -0.25) is 0 Å². The lowest BCUT2D eigenvalue weighted by molar-refractivity contribution is 0.195. The highest BCUT2D eigenvalue weighted by molar-refractivity contribution is 4.90. The van der Waals surface area contributed by atoms with Crippen LogP contribution in [0, 0.1) is 5.92 Å². The van der Waals surface area contributed by atoms with Gasteiger partial charge in [0.2, 0.25) is 0 Å². The van der Waals surface area contributed by atoms with Crippen molar-refractivity contribution in [2.24, 2.45) is 11.7 Å². The Hall–Kier alpha value is -0.0800. The zero-order chi connectivity index (χ0) is 10.0. The molecule has 0 aromatic carbocycles. The van der Waals surface area contributed by atoms with E-state index in [1.807, 2.05) is 0 Å². The van der Waals surface area contributed by atoms with Gasteiger partial charge in [-0.1, -0.05) is 19.3 Å². The van der Waals surface area contributed by atoms with E-state index in [4.69, 9.17) is 5.73 Å². The molecular formula is C12H24N2. The molecule has 2 aliphatic rings. The first-order valence-corrected chi connectivity index (χ1v) is 6.19. The SMILES string of the molecule is CC1(NCC2CC(N)C2)CCCCC1. The third-order valence-electron chi connectivity index (χ3n) is 4.05. The van der Waals surface area contributed by atoms with Gasteiger partial charge in [0.25, 0.3) is 0 Å². The molecule has 0 saturated heterocycles. The second-order valence-corrected chi connectivity index (χ2v) is 5.60. The van der Waals surface area contributed by atoms with Gasteiger partial charge in [0, 0.05) is 11.6 Å². The first-order chi connectivity index (χ1) is 6.68. The fourth-order valence-electron chi connectivity index (χ4n) is 2.85. The van der Waals surface area contributed by atoms with Crippen LogP contribution in [0.2, 0.25) is 0 Å². The molecule has 2 aliphatic carbocycles. The van der Waals surface area contributed by atoms with Gasteiger partial charge in [-0.15, -0.1) is 0 Å². The lowest BCUT2D eigenvalue weighted by Gasteiger charge is -2.39. The van der Waals surface area contributed by atoms with E-state index in [1.165, 1.54) is 51.5 Å². The molecule has 0 heterocycles. The molecule has 82 valence electrons. The number of hydrogen-bond donors (Lipinski definition) is 2. The van der Waals surface area contributed by atoms with Crippen molar-refractivity contribution in [1.29, 1.82) is 0 Å². The van der Waals surface area contributed by atoms with Gasteiger partial charge < -0.3 is 11.1 Å². The quantitative estimate of drug-likeness (QED) is 0.725. The lowest BCUT2D eigenvalue weighted by Crippen LogP contribution is -2.49. The Balaban J connectivity index is 1.68. The van der Waals surface area contributed by atoms with E-state index < -0.39 is 0 Å². The van der Waals surface area contributed by atoms with E-state index in [-0.39, 0.29) is 0 Å². The molecule has 3 N–H and O–H groups in total. The Morgan fingerprint density at radius 3 is 2.43 bits per heavy atom. The van der Waals surface area contributed by atoms with Crippen LogP contribution in [0.4, 0.5) is 0 Å². The summed E-state index contributed by atoms with van der Waals surface area (Å²) in [5.74, 6) is 0.865. The Labute approximate surface area is 87.6 Å². The highest BCUT2D eigenvalue weighted by atomic mass is 15.0. The van der Waals surface area contributed by atoms with E-state index in [0.717, 1.165) is 5.92 Å². The van der Waals surface area contributed by atoms with Crippen LogP contribution in [0.5, 0.6) is 0 Å². The Bertz CT molecular complexity index is 179. The maximum atomic E-state index is 5.78. The Morgan fingerprint density at radius 2 is 1.86 bits per heavy atom. The Kier molecular flexibility index (Phi) is 3.13. The van der Waals surface area contributed by atoms with Gasteiger partial charge in [-0.25, -0.2) is 0 Å². The van der Waals surface area contributed by atoms with Gasteiger partial charge in [-0.2, -0.15) is 0 Å². The molecule has 0 radical (unpaired) electrons. The molecule has 2 rings (SSSR count). The van der Waals surface area contributed by atoms with Crippen molar-refractivity contribution in [2.75, 3.05) is 6.54 Å². The molecule has 0 aromatic rings. The van der Waals surface area contributed by atoms with E-state index in [1.54, 1.807) is 0 Å². The van der Waals surface area contributed by atoms with Crippen LogP contribution < -0.4 is 11.1 Å². The van der Waals surface area contributed by atoms with Gasteiger partial charge in [0.15, 0.2) is 0 Å². The molecule has 2 heteroatoms. The third-order valence-corrected chi connectivity index (χ3v) is 4.05. The fourth-order valence-corrected chi connectivity index (χ4v) is 2.85. The minimum absolute atomic E-state index is 0.442. The molecule has 2 nitrogen and oxygen atoms in total. The highest BCUT2D eigenvalue weighted by Gasteiger charge is 2.30. The monoisotopic (exact) mass is 196 g/mol. The lowest BCUT2D eigenvalue weighted by atomic mass is 9.78. The summed E-state index contributed by atoms with van der Waals surface area (Å²) in [6.45, 7) is 3.59. The summed E-state index contributed by atoms with van der Waals surface area (Å²) in [4.78, 5) is 0. The van der Waals surface area contributed by atoms with Crippen LogP contribution in [0.1, 0.15) is 51.9 Å². The third kappa shape index (κ3) is 2.48. The minimum Gasteiger partial charge on any atom is -0.328 e. The van der Waals surface area contributed by atoms with Crippen LogP contribution in [0.3, 0.4) is 0 Å². The molecule has 2 fully saturated rings. The number of rotatable bonds is 3. The van der Waals surface area contributed by atoms with Gasteiger partial charge >= 0.3 is 0 Å². The topological polar surface area (TPSA) is 38.0 Å². The average Bonchev–Trinajstić information content (AvgIpc) is 2.12. The van der Waals surface area contributed by atoms with Gasteiger partial charge in [-0.05, 0) is 45.1 Å². The fraction of sp³-hybridized carbons (Fsp3) is 1.00. The van der Waals surface area contributed by atoms with Crippen LogP contribution in [-0.4, -0.2) is 18.1 Å². The molecule has 14 heavy (non-hydrogen) atoms. The van der Waals surface area contributed by atoms with Gasteiger partial charge in [0.1, 0.15) is 0 Å². The maximum Gasteiger partial charge on any atom is 0.0153 e. The summed E-state index contributed by atoms with van der Waals surface area (Å²) < 4.78 is 0. The van der Waals surface area contributed by atoms with E-state index in [2.05, 4.69) is 12.2 Å². The summed E-state index contributed by atoms with van der Waals surface area (Å²) in [5.41, 5.74) is 6.23. The summed E-state index contributed by atoms with van der Waals surface area (Å²) in [6, 6.07) is 0.501. The van der Waals surface area contributed by atoms with Crippen molar-refractivity contribution >= 4 is 0 Å². The highest BCUT2D eigenvalue weighted by Crippen LogP contribution is 2.30. The molecule has 0 aliphatic heterocycles. The first kappa shape index (κ1) is 10.4. The van der Waals surface area contributed by atoms with E-state index in [0.29, 0.717) is 11.6 Å². The normalized spacial score (nSPS) is 36.4. The zero-order valence-corrected chi connectivity index (χ0v) is 9.39. The molecule has 0 amide bonds. The predicted molar refractivity (Wildman–Crippen MR) is 60.2 cm³/mol. The van der Waals surface area contributed by atoms with Crippen molar-refractivity contribution in [1.82, 2.24) is 5.32 Å². The van der Waals surface area contributed by atoms with Crippen molar-refractivity contribution in [2.45, 2.75) is 63.5 Å². The summed E-state index contributed by atoms with van der Waals surface area (Å²) in [5, 5.41) is 3.76. The molecule has 0 bridgehead atoms. The predicted octanol–water partition coefficient (Wildman–Crippen LogP) is 2.04. The van der Waals surface area contributed by atoms with Crippen LogP contribution in [0.25, 0.3) is 0 Å². The Morgan fingerprint density at radius 1 is 1.21 bits per heavy atom. The van der Waals surface area contributed by atoms with Crippen molar-refractivity contribution in [3.63, 3.8) is 0 Å². The maximum absolute atomic E-state index is 5.78. The van der Waals surface area contributed by atoms with Crippen molar-refractivity contribution < 1.29 is 0 Å². The van der Waals surface area contributed by atoms with E-state index >= 15 is 0 Å². The second kappa shape index (κ2) is 4.19. The summed E-state index contributed by atoms with van der Waals surface area (Å²) >= 11 is 0. The van der Waals surface area contributed by atoms with Crippen molar-refractivity contribution in [3.8, 4) is 0 Å². The zero-order valence-electron chi connectivity index (χ0n) is 9.39. The van der Waals surface area contributed by atoms with E-state index in [9.17, 15) is 0 Å². The van der Waals surface area contributed by atoms with Crippen LogP contribution in [0.15, 0.2) is 0 Å². The average molecular weight is 196 g/mol. The van der Waals surface area contributed by atoms with Crippen molar-refractivity contribution in [3.05, 3.63) is 0 Å². The van der Waals surface area contributed by atoms with Crippen LogP contribution in [-0.2, 0) is 0 Å².